The molecule has 0 saturated carbocycles. The van der Waals surface area contributed by atoms with Crippen molar-refractivity contribution in [2.75, 3.05) is 13.7 Å². The van der Waals surface area contributed by atoms with Gasteiger partial charge in [-0.25, -0.2) is 14.2 Å². The van der Waals surface area contributed by atoms with Crippen molar-refractivity contribution in [3.05, 3.63) is 114 Å². The van der Waals surface area contributed by atoms with Gasteiger partial charge in [0.1, 0.15) is 11.6 Å². The van der Waals surface area contributed by atoms with Crippen molar-refractivity contribution in [3.63, 3.8) is 0 Å². The predicted octanol–water partition coefficient (Wildman–Crippen LogP) is 4.35. The molecule has 2 aromatic heterocycles. The first kappa shape index (κ1) is 26.4. The Balaban J connectivity index is 1.68. The number of fused-ring (bicyclic) bond motifs is 1. The summed E-state index contributed by atoms with van der Waals surface area (Å²) in [6.07, 6.45) is 1.85. The molecule has 3 heterocycles. The van der Waals surface area contributed by atoms with Crippen LogP contribution in [0.15, 0.2) is 75.7 Å². The number of hydrogen-bond donors (Lipinski definition) is 0. The summed E-state index contributed by atoms with van der Waals surface area (Å²) < 4.78 is 28.2. The number of carbonyl (C=O) groups is 1. The quantitative estimate of drug-likeness (QED) is 0.338. The van der Waals surface area contributed by atoms with Gasteiger partial charge in [0.15, 0.2) is 4.80 Å². The van der Waals surface area contributed by atoms with Crippen molar-refractivity contribution in [1.82, 2.24) is 9.13 Å². The second kappa shape index (κ2) is 10.5. The fourth-order valence-electron chi connectivity index (χ4n) is 4.96. The molecule has 0 saturated heterocycles. The van der Waals surface area contributed by atoms with Crippen LogP contribution in [0, 0.1) is 19.7 Å². The lowest BCUT2D eigenvalue weighted by atomic mass is 9.96. The van der Waals surface area contributed by atoms with E-state index in [1.165, 1.54) is 23.5 Å². The lowest BCUT2D eigenvalue weighted by molar-refractivity contribution is -0.139. The normalized spacial score (nSPS) is 15.2. The summed E-state index contributed by atoms with van der Waals surface area (Å²) >= 11 is 1.27. The third-order valence-electron chi connectivity index (χ3n) is 6.79. The minimum atomic E-state index is -0.694. The van der Waals surface area contributed by atoms with E-state index in [1.807, 2.05) is 42.7 Å². The van der Waals surface area contributed by atoms with Gasteiger partial charge in [0.25, 0.3) is 5.56 Å². The van der Waals surface area contributed by atoms with Crippen LogP contribution in [-0.2, 0) is 9.53 Å². The Labute approximate surface area is 228 Å². The molecule has 1 atom stereocenters. The average molecular weight is 546 g/mol. The smallest absolute Gasteiger partial charge is 0.338 e. The molecule has 0 fully saturated rings. The summed E-state index contributed by atoms with van der Waals surface area (Å²) in [6.45, 7) is 7.64. The minimum absolute atomic E-state index is 0.207. The third kappa shape index (κ3) is 4.74. The van der Waals surface area contributed by atoms with Gasteiger partial charge in [-0.2, -0.15) is 0 Å². The first-order valence-electron chi connectivity index (χ1n) is 12.5. The van der Waals surface area contributed by atoms with Crippen LogP contribution in [0.1, 0.15) is 42.4 Å². The highest BCUT2D eigenvalue weighted by molar-refractivity contribution is 7.07. The topological polar surface area (TPSA) is 74.8 Å². The Morgan fingerprint density at radius 2 is 1.79 bits per heavy atom. The Morgan fingerprint density at radius 1 is 1.10 bits per heavy atom. The number of allylic oxidation sites excluding steroid dienone is 1. The standard InChI is InChI=1S/C30H28FN3O4S/c1-6-38-29(36)26-18(3)32-30-34(27(26)20-7-13-24(37-5)14-8-20)28(35)25(39-30)16-21-15-17(2)33(19(21)4)23-11-9-22(31)10-12-23/h7-16,27H,6H2,1-5H3/b25-16-/t27-/m1/s1. The zero-order chi connectivity index (χ0) is 27.8. The SMILES string of the molecule is CCOC(=O)C1=C(C)N=c2s/c(=C\c3cc(C)n(-c4ccc(F)cc4)c3C)c(=O)n2[C@@H]1c1ccc(OC)cc1. The fraction of sp³-hybridized carbons (Fsp3) is 0.233. The van der Waals surface area contributed by atoms with Gasteiger partial charge in [0, 0.05) is 17.1 Å². The van der Waals surface area contributed by atoms with Crippen molar-refractivity contribution >= 4 is 23.4 Å². The summed E-state index contributed by atoms with van der Waals surface area (Å²) in [7, 11) is 1.58. The van der Waals surface area contributed by atoms with E-state index in [-0.39, 0.29) is 18.0 Å². The number of carbonyl (C=O) groups excluding carboxylic acids is 1. The van der Waals surface area contributed by atoms with Gasteiger partial charge in [-0.1, -0.05) is 23.5 Å². The van der Waals surface area contributed by atoms with Crippen molar-refractivity contribution in [3.8, 4) is 11.4 Å². The number of benzene rings is 2. The maximum atomic E-state index is 13.9. The van der Waals surface area contributed by atoms with Gasteiger partial charge in [-0.15, -0.1) is 0 Å². The van der Waals surface area contributed by atoms with E-state index in [4.69, 9.17) is 9.47 Å². The monoisotopic (exact) mass is 545 g/mol. The number of hydrogen-bond acceptors (Lipinski definition) is 6. The molecule has 4 aromatic rings. The summed E-state index contributed by atoms with van der Waals surface area (Å²) in [5, 5.41) is 0. The lowest BCUT2D eigenvalue weighted by Crippen LogP contribution is -2.39. The number of rotatable bonds is 6. The number of esters is 1. The van der Waals surface area contributed by atoms with E-state index in [0.717, 1.165) is 28.2 Å². The molecule has 0 spiro atoms. The van der Waals surface area contributed by atoms with Crippen LogP contribution in [0.4, 0.5) is 4.39 Å². The molecular weight excluding hydrogens is 517 g/mol. The molecule has 0 radical (unpaired) electrons. The maximum absolute atomic E-state index is 13.9. The number of thiazole rings is 1. The number of aromatic nitrogens is 2. The van der Waals surface area contributed by atoms with Gasteiger partial charge >= 0.3 is 5.97 Å². The van der Waals surface area contributed by atoms with E-state index in [0.29, 0.717) is 26.4 Å². The van der Waals surface area contributed by atoms with Crippen LogP contribution in [0.3, 0.4) is 0 Å². The second-order valence-electron chi connectivity index (χ2n) is 9.21. The minimum Gasteiger partial charge on any atom is -0.497 e. The first-order chi connectivity index (χ1) is 18.7. The lowest BCUT2D eigenvalue weighted by Gasteiger charge is -2.24. The molecule has 200 valence electrons. The molecule has 2 aromatic carbocycles. The number of methoxy groups -OCH3 is 1. The highest BCUT2D eigenvalue weighted by Crippen LogP contribution is 2.31. The molecule has 0 N–H and O–H groups in total. The largest absolute Gasteiger partial charge is 0.497 e. The van der Waals surface area contributed by atoms with Crippen LogP contribution < -0.4 is 19.6 Å². The molecule has 0 unspecified atom stereocenters. The average Bonchev–Trinajstić information content (AvgIpc) is 3.38. The van der Waals surface area contributed by atoms with Crippen LogP contribution in [-0.4, -0.2) is 28.8 Å². The number of nitrogens with zero attached hydrogens (tertiary/aromatic N) is 3. The zero-order valence-electron chi connectivity index (χ0n) is 22.3. The summed E-state index contributed by atoms with van der Waals surface area (Å²) in [5.74, 6) is -0.135. The highest BCUT2D eigenvalue weighted by atomic mass is 32.1. The van der Waals surface area contributed by atoms with Crippen LogP contribution >= 0.6 is 11.3 Å². The van der Waals surface area contributed by atoms with E-state index in [1.54, 1.807) is 49.8 Å². The molecule has 39 heavy (non-hydrogen) atoms. The molecule has 7 nitrogen and oxygen atoms in total. The van der Waals surface area contributed by atoms with E-state index >= 15 is 0 Å². The van der Waals surface area contributed by atoms with Crippen molar-refractivity contribution < 1.29 is 18.7 Å². The van der Waals surface area contributed by atoms with Gasteiger partial charge in [-0.3, -0.25) is 9.36 Å². The Bertz CT molecular complexity index is 1780. The van der Waals surface area contributed by atoms with Gasteiger partial charge < -0.3 is 14.0 Å². The Morgan fingerprint density at radius 3 is 2.44 bits per heavy atom. The van der Waals surface area contributed by atoms with E-state index in [9.17, 15) is 14.0 Å². The number of ether oxygens (including phenoxy) is 2. The first-order valence-corrected chi connectivity index (χ1v) is 13.3. The summed E-state index contributed by atoms with van der Waals surface area (Å²) in [6, 6.07) is 14.9. The summed E-state index contributed by atoms with van der Waals surface area (Å²) in [4.78, 5) is 32.1. The molecule has 5 rings (SSSR count). The molecule has 1 aliphatic heterocycles. The van der Waals surface area contributed by atoms with Crippen molar-refractivity contribution in [2.45, 2.75) is 33.7 Å². The fourth-order valence-corrected chi connectivity index (χ4v) is 5.99. The molecular formula is C30H28FN3O4S. The molecule has 0 amide bonds. The Hall–Kier alpha value is -4.24. The van der Waals surface area contributed by atoms with Crippen LogP contribution in [0.5, 0.6) is 5.75 Å². The highest BCUT2D eigenvalue weighted by Gasteiger charge is 2.33. The van der Waals surface area contributed by atoms with Crippen molar-refractivity contribution in [1.29, 1.82) is 0 Å². The molecule has 9 heteroatoms. The maximum Gasteiger partial charge on any atom is 0.338 e. The zero-order valence-corrected chi connectivity index (χ0v) is 23.1. The second-order valence-corrected chi connectivity index (χ2v) is 10.2. The number of halogens is 1. The number of aryl methyl sites for hydroxylation is 1. The predicted molar refractivity (Wildman–Crippen MR) is 149 cm³/mol. The molecule has 1 aliphatic rings. The summed E-state index contributed by atoms with van der Waals surface area (Å²) in [5.41, 5.74) is 4.91. The van der Waals surface area contributed by atoms with Crippen LogP contribution in [0.2, 0.25) is 0 Å². The van der Waals surface area contributed by atoms with Gasteiger partial charge in [-0.05, 0) is 87.4 Å². The van der Waals surface area contributed by atoms with Gasteiger partial charge in [0.2, 0.25) is 0 Å². The Kier molecular flexibility index (Phi) is 7.10. The van der Waals surface area contributed by atoms with Gasteiger partial charge in [0.05, 0.1) is 35.6 Å². The van der Waals surface area contributed by atoms with Crippen molar-refractivity contribution in [2.24, 2.45) is 4.99 Å². The van der Waals surface area contributed by atoms with Crippen LogP contribution in [0.25, 0.3) is 11.8 Å². The van der Waals surface area contributed by atoms with E-state index < -0.39 is 12.0 Å². The molecule has 0 aliphatic carbocycles. The molecule has 0 bridgehead atoms. The van der Waals surface area contributed by atoms with E-state index in [2.05, 4.69) is 4.99 Å². The third-order valence-corrected chi connectivity index (χ3v) is 7.77.